The van der Waals surface area contributed by atoms with E-state index >= 15 is 0 Å². The Labute approximate surface area is 240 Å². The van der Waals surface area contributed by atoms with Crippen LogP contribution in [0, 0.1) is 5.92 Å². The van der Waals surface area contributed by atoms with Crippen LogP contribution >= 0.6 is 0 Å². The van der Waals surface area contributed by atoms with Gasteiger partial charge in [0.15, 0.2) is 18.3 Å². The zero-order chi connectivity index (χ0) is 30.0. The van der Waals surface area contributed by atoms with E-state index in [4.69, 9.17) is 14.5 Å². The van der Waals surface area contributed by atoms with Gasteiger partial charge in [-0.3, -0.25) is 0 Å². The summed E-state index contributed by atoms with van der Waals surface area (Å²) in [6, 6.07) is 10.6. The van der Waals surface area contributed by atoms with E-state index < -0.39 is 23.5 Å². The topological polar surface area (TPSA) is 111 Å². The second kappa shape index (κ2) is 12.0. The number of anilines is 1. The van der Waals surface area contributed by atoms with Crippen LogP contribution in [0.3, 0.4) is 0 Å². The van der Waals surface area contributed by atoms with Gasteiger partial charge in [-0.15, -0.1) is 0 Å². The standard InChI is InChI=1S/C30H32F3N5O4/c1-4-18-10-13-23(42-16-41-3)22(14-18)28-37-26-24(38(28)15-19-8-11-21(12-9-19)30(31,32)33)25(35-27(36-26)29(39)40)34-17(2)20-6-5-7-20/h8-14,17,20H,4-7,15-16H2,1-3H3,(H,39,40)(H,34,35,36)/t17-/m1/s1. The largest absolute Gasteiger partial charge is 0.475 e. The molecule has 0 amide bonds. The zero-order valence-corrected chi connectivity index (χ0v) is 23.5. The van der Waals surface area contributed by atoms with Crippen molar-refractivity contribution < 1.29 is 32.5 Å². The van der Waals surface area contributed by atoms with Crippen LogP contribution in [0.5, 0.6) is 5.75 Å². The lowest BCUT2D eigenvalue weighted by Gasteiger charge is -2.32. The van der Waals surface area contributed by atoms with E-state index in [1.165, 1.54) is 19.2 Å². The van der Waals surface area contributed by atoms with Gasteiger partial charge in [-0.1, -0.05) is 31.5 Å². The van der Waals surface area contributed by atoms with Crippen LogP contribution in [0.15, 0.2) is 42.5 Å². The number of hydrogen-bond donors (Lipinski definition) is 2. The molecule has 1 aliphatic rings. The third-order valence-electron chi connectivity index (χ3n) is 7.66. The van der Waals surface area contributed by atoms with Gasteiger partial charge in [0.05, 0.1) is 11.1 Å². The first-order valence-corrected chi connectivity index (χ1v) is 13.8. The minimum Gasteiger partial charge on any atom is -0.475 e. The molecule has 2 aromatic heterocycles. The molecular formula is C30H32F3N5O4. The van der Waals surface area contributed by atoms with E-state index in [1.807, 2.05) is 26.0 Å². The third-order valence-corrected chi connectivity index (χ3v) is 7.66. The molecule has 1 atom stereocenters. The Balaban J connectivity index is 1.73. The number of aryl methyl sites for hydroxylation is 1. The van der Waals surface area contributed by atoms with E-state index in [2.05, 4.69) is 15.3 Å². The lowest BCUT2D eigenvalue weighted by atomic mass is 9.80. The Bertz CT molecular complexity index is 1580. The van der Waals surface area contributed by atoms with E-state index in [0.717, 1.165) is 43.4 Å². The zero-order valence-electron chi connectivity index (χ0n) is 23.5. The van der Waals surface area contributed by atoms with Crippen LogP contribution < -0.4 is 10.1 Å². The molecule has 2 N–H and O–H groups in total. The summed E-state index contributed by atoms with van der Waals surface area (Å²) in [4.78, 5) is 25.4. The molecule has 1 saturated carbocycles. The molecule has 0 radical (unpaired) electrons. The second-order valence-electron chi connectivity index (χ2n) is 10.4. The summed E-state index contributed by atoms with van der Waals surface area (Å²) in [5.74, 6) is -0.121. The summed E-state index contributed by atoms with van der Waals surface area (Å²) in [6.45, 7) is 4.13. The normalized spacial score (nSPS) is 14.5. The van der Waals surface area contributed by atoms with Crippen molar-refractivity contribution in [1.29, 1.82) is 0 Å². The van der Waals surface area contributed by atoms with Crippen molar-refractivity contribution in [2.45, 2.75) is 58.3 Å². The van der Waals surface area contributed by atoms with Gasteiger partial charge in [0, 0.05) is 19.7 Å². The molecule has 2 heterocycles. The van der Waals surface area contributed by atoms with Crippen LogP contribution in [0.4, 0.5) is 19.0 Å². The first kappa shape index (κ1) is 29.3. The number of nitrogens with one attached hydrogen (secondary N) is 1. The van der Waals surface area contributed by atoms with Gasteiger partial charge in [-0.2, -0.15) is 13.2 Å². The first-order valence-electron chi connectivity index (χ1n) is 13.8. The van der Waals surface area contributed by atoms with Crippen LogP contribution in [0.25, 0.3) is 22.6 Å². The Morgan fingerprint density at radius 1 is 1.12 bits per heavy atom. The quantitative estimate of drug-likeness (QED) is 0.195. The number of carboxylic acids is 1. The molecule has 0 saturated heterocycles. The number of aromatic carboxylic acids is 1. The highest BCUT2D eigenvalue weighted by Gasteiger charge is 2.31. The van der Waals surface area contributed by atoms with Crippen molar-refractivity contribution >= 4 is 23.0 Å². The number of fused-ring (bicyclic) bond motifs is 1. The second-order valence-corrected chi connectivity index (χ2v) is 10.4. The number of carboxylic acid groups (broad SMARTS) is 1. The molecule has 42 heavy (non-hydrogen) atoms. The van der Waals surface area contributed by atoms with Crippen molar-refractivity contribution in [2.75, 3.05) is 19.2 Å². The maximum atomic E-state index is 13.3. The van der Waals surface area contributed by atoms with Crippen LogP contribution in [0.2, 0.25) is 0 Å². The van der Waals surface area contributed by atoms with E-state index in [1.54, 1.807) is 10.6 Å². The average molecular weight is 584 g/mol. The molecule has 0 bridgehead atoms. The Hall–Kier alpha value is -4.19. The van der Waals surface area contributed by atoms with E-state index in [9.17, 15) is 23.1 Å². The predicted octanol–water partition coefficient (Wildman–Crippen LogP) is 6.40. The smallest absolute Gasteiger partial charge is 0.416 e. The molecule has 1 aliphatic carbocycles. The fourth-order valence-electron chi connectivity index (χ4n) is 5.07. The molecule has 4 aromatic rings. The van der Waals surface area contributed by atoms with Crippen LogP contribution in [-0.2, 0) is 23.9 Å². The summed E-state index contributed by atoms with van der Waals surface area (Å²) >= 11 is 0. The number of nitrogens with zero attached hydrogens (tertiary/aromatic N) is 4. The molecule has 12 heteroatoms. The Morgan fingerprint density at radius 3 is 2.43 bits per heavy atom. The Kier molecular flexibility index (Phi) is 8.35. The van der Waals surface area contributed by atoms with Crippen LogP contribution in [0.1, 0.15) is 60.4 Å². The number of aromatic nitrogens is 4. The summed E-state index contributed by atoms with van der Waals surface area (Å²) < 4.78 is 52.6. The van der Waals surface area contributed by atoms with Gasteiger partial charge < -0.3 is 24.5 Å². The molecule has 0 unspecified atom stereocenters. The number of ether oxygens (including phenoxy) is 2. The molecule has 2 aromatic carbocycles. The summed E-state index contributed by atoms with van der Waals surface area (Å²) in [5.41, 5.74) is 2.02. The SMILES string of the molecule is CCc1ccc(OCOC)c(-c2nc3nc(C(=O)O)nc(N[C@H](C)C4CCC4)c3n2Cc2ccc(C(F)(F)F)cc2)c1. The average Bonchev–Trinajstić information content (AvgIpc) is 3.28. The Morgan fingerprint density at radius 2 is 1.83 bits per heavy atom. The van der Waals surface area contributed by atoms with Gasteiger partial charge in [0.1, 0.15) is 17.1 Å². The maximum absolute atomic E-state index is 13.3. The maximum Gasteiger partial charge on any atom is 0.416 e. The number of halogens is 3. The number of benzene rings is 2. The summed E-state index contributed by atoms with van der Waals surface area (Å²) in [5, 5.41) is 13.2. The lowest BCUT2D eigenvalue weighted by Crippen LogP contribution is -2.31. The number of imidazole rings is 1. The van der Waals surface area contributed by atoms with Gasteiger partial charge >= 0.3 is 12.1 Å². The van der Waals surface area contributed by atoms with Crippen molar-refractivity contribution in [3.8, 4) is 17.1 Å². The number of carbonyl (C=O) groups is 1. The minimum absolute atomic E-state index is 0.000352. The number of hydrogen-bond acceptors (Lipinski definition) is 7. The minimum atomic E-state index is -4.46. The van der Waals surface area contributed by atoms with Gasteiger partial charge in [-0.25, -0.2) is 19.7 Å². The van der Waals surface area contributed by atoms with Gasteiger partial charge in [0.25, 0.3) is 0 Å². The number of methoxy groups -OCH3 is 1. The monoisotopic (exact) mass is 583 g/mol. The molecule has 222 valence electrons. The first-order chi connectivity index (χ1) is 20.1. The van der Waals surface area contributed by atoms with Crippen molar-refractivity contribution in [2.24, 2.45) is 5.92 Å². The predicted molar refractivity (Wildman–Crippen MR) is 151 cm³/mol. The molecular weight excluding hydrogens is 551 g/mol. The highest BCUT2D eigenvalue weighted by molar-refractivity contribution is 5.92. The molecule has 0 spiro atoms. The van der Waals surface area contributed by atoms with Crippen molar-refractivity contribution in [3.05, 3.63) is 65.0 Å². The highest BCUT2D eigenvalue weighted by atomic mass is 19.4. The van der Waals surface area contributed by atoms with Gasteiger partial charge in [0.2, 0.25) is 5.82 Å². The molecule has 1 fully saturated rings. The third kappa shape index (κ3) is 6.03. The summed E-state index contributed by atoms with van der Waals surface area (Å²) in [7, 11) is 1.50. The lowest BCUT2D eigenvalue weighted by molar-refractivity contribution is -0.137. The fourth-order valence-corrected chi connectivity index (χ4v) is 5.07. The fraction of sp³-hybridized carbons (Fsp3) is 0.400. The molecule has 0 aliphatic heterocycles. The highest BCUT2D eigenvalue weighted by Crippen LogP contribution is 2.37. The summed E-state index contributed by atoms with van der Waals surface area (Å²) in [6.07, 6.45) is -0.506. The van der Waals surface area contributed by atoms with Crippen molar-refractivity contribution in [1.82, 2.24) is 19.5 Å². The van der Waals surface area contributed by atoms with Gasteiger partial charge in [-0.05, 0) is 67.5 Å². The van der Waals surface area contributed by atoms with E-state index in [-0.39, 0.29) is 25.0 Å². The van der Waals surface area contributed by atoms with Crippen LogP contribution in [-0.4, -0.2) is 50.5 Å². The van der Waals surface area contributed by atoms with Crippen molar-refractivity contribution in [3.63, 3.8) is 0 Å². The molecule has 5 rings (SSSR count). The van der Waals surface area contributed by atoms with E-state index in [0.29, 0.717) is 40.0 Å². The number of rotatable bonds is 11. The molecule has 9 nitrogen and oxygen atoms in total. The number of alkyl halides is 3.